The number of fused-ring (bicyclic) bond motifs is 1. The van der Waals surface area contributed by atoms with E-state index in [1.54, 1.807) is 16.5 Å². The first-order chi connectivity index (χ1) is 14.2. The largest absolute Gasteiger partial charge is 0.358 e. The van der Waals surface area contributed by atoms with Crippen LogP contribution in [-0.4, -0.2) is 48.0 Å². The second-order valence-corrected chi connectivity index (χ2v) is 10.00. The molecule has 0 radical (unpaired) electrons. The van der Waals surface area contributed by atoms with Crippen LogP contribution in [0, 0.1) is 11.6 Å². The van der Waals surface area contributed by atoms with Crippen molar-refractivity contribution in [1.29, 1.82) is 0 Å². The molecular weight excluding hydrogens is 436 g/mol. The standard InChI is InChI=1S/C22H22N2O3S3/c1-16-12-18-10-6-7-11-20(18)22(29)24(16)15-30(26,27)14-19(25)13-23(2)21(28)17-8-4-3-5-9-17/h3-12H,13-15H2,1-2H3. The van der Waals surface area contributed by atoms with Gasteiger partial charge in [0.2, 0.25) is 0 Å². The summed E-state index contributed by atoms with van der Waals surface area (Å²) >= 11 is 10.9. The van der Waals surface area contributed by atoms with Gasteiger partial charge < -0.3 is 9.47 Å². The van der Waals surface area contributed by atoms with Gasteiger partial charge in [0.1, 0.15) is 21.3 Å². The summed E-state index contributed by atoms with van der Waals surface area (Å²) in [5.74, 6) is -1.31. The lowest BCUT2D eigenvalue weighted by Crippen LogP contribution is -2.34. The fourth-order valence-corrected chi connectivity index (χ4v) is 5.33. The van der Waals surface area contributed by atoms with Gasteiger partial charge in [-0.05, 0) is 18.4 Å². The van der Waals surface area contributed by atoms with E-state index in [2.05, 4.69) is 0 Å². The number of nitrogens with zero attached hydrogens (tertiary/aromatic N) is 2. The summed E-state index contributed by atoms with van der Waals surface area (Å²) in [6, 6.07) is 18.8. The van der Waals surface area contributed by atoms with Crippen molar-refractivity contribution in [2.75, 3.05) is 19.3 Å². The highest BCUT2D eigenvalue weighted by Gasteiger charge is 2.21. The highest BCUT2D eigenvalue weighted by molar-refractivity contribution is 7.91. The maximum atomic E-state index is 12.7. The number of sulfone groups is 1. The Balaban J connectivity index is 1.72. The zero-order valence-electron chi connectivity index (χ0n) is 16.7. The van der Waals surface area contributed by atoms with Gasteiger partial charge in [0.15, 0.2) is 15.6 Å². The number of pyridine rings is 1. The molecule has 0 saturated carbocycles. The molecule has 0 aliphatic carbocycles. The second-order valence-electron chi connectivity index (χ2n) is 7.19. The van der Waals surface area contributed by atoms with Crippen LogP contribution in [0.1, 0.15) is 11.3 Å². The quantitative estimate of drug-likeness (QED) is 0.500. The van der Waals surface area contributed by atoms with Crippen molar-refractivity contribution >= 4 is 55.8 Å². The van der Waals surface area contributed by atoms with E-state index in [-0.39, 0.29) is 12.4 Å². The molecule has 0 unspecified atom stereocenters. The van der Waals surface area contributed by atoms with Crippen molar-refractivity contribution in [3.05, 3.63) is 76.6 Å². The van der Waals surface area contributed by atoms with Crippen LogP contribution in [0.4, 0.5) is 0 Å². The average molecular weight is 459 g/mol. The van der Waals surface area contributed by atoms with E-state index in [4.69, 9.17) is 24.4 Å². The number of Topliss-reactive ketones (excluding diaryl/α,β-unsaturated/α-hetero) is 1. The lowest BCUT2D eigenvalue weighted by Gasteiger charge is -2.19. The summed E-state index contributed by atoms with van der Waals surface area (Å²) in [5, 5.41) is 1.77. The molecule has 30 heavy (non-hydrogen) atoms. The Morgan fingerprint density at radius 1 is 1.07 bits per heavy atom. The van der Waals surface area contributed by atoms with Gasteiger partial charge >= 0.3 is 0 Å². The molecule has 0 aliphatic rings. The molecular formula is C22H22N2O3S3. The molecule has 2 aromatic carbocycles. The maximum absolute atomic E-state index is 12.7. The third-order valence-corrected chi connectivity index (χ3v) is 7.12. The molecule has 0 N–H and O–H groups in total. The van der Waals surface area contributed by atoms with Crippen molar-refractivity contribution in [3.63, 3.8) is 0 Å². The van der Waals surface area contributed by atoms with Crippen molar-refractivity contribution in [1.82, 2.24) is 9.47 Å². The first-order valence-electron chi connectivity index (χ1n) is 9.30. The van der Waals surface area contributed by atoms with Crippen LogP contribution in [0.5, 0.6) is 0 Å². The molecule has 0 amide bonds. The van der Waals surface area contributed by atoms with Crippen molar-refractivity contribution in [2.24, 2.45) is 0 Å². The SMILES string of the molecule is Cc1cc2ccccc2c(=S)n1CS(=O)(=O)CC(=O)CN(C)C(=S)c1ccccc1. The first-order valence-corrected chi connectivity index (χ1v) is 11.9. The third kappa shape index (κ3) is 5.19. The molecule has 3 aromatic rings. The van der Waals surface area contributed by atoms with Crippen LogP contribution in [0.25, 0.3) is 10.8 Å². The fourth-order valence-electron chi connectivity index (χ4n) is 3.26. The predicted molar refractivity (Wildman–Crippen MR) is 127 cm³/mol. The Morgan fingerprint density at radius 2 is 1.70 bits per heavy atom. The molecule has 5 nitrogen and oxygen atoms in total. The maximum Gasteiger partial charge on any atom is 0.175 e. The van der Waals surface area contributed by atoms with E-state index >= 15 is 0 Å². The van der Waals surface area contributed by atoms with Crippen LogP contribution in [0.2, 0.25) is 0 Å². The molecule has 0 bridgehead atoms. The van der Waals surface area contributed by atoms with E-state index in [0.717, 1.165) is 22.0 Å². The van der Waals surface area contributed by atoms with Gasteiger partial charge in [-0.15, -0.1) is 0 Å². The number of likely N-dealkylation sites (N-methyl/N-ethyl adjacent to an activating group) is 1. The lowest BCUT2D eigenvalue weighted by atomic mass is 10.1. The number of ketones is 1. The topological polar surface area (TPSA) is 59.4 Å². The van der Waals surface area contributed by atoms with E-state index in [0.29, 0.717) is 9.63 Å². The number of hydrogen-bond donors (Lipinski definition) is 0. The highest BCUT2D eigenvalue weighted by atomic mass is 32.2. The minimum Gasteiger partial charge on any atom is -0.358 e. The number of benzene rings is 2. The van der Waals surface area contributed by atoms with Crippen LogP contribution in [-0.2, 0) is 20.5 Å². The summed E-state index contributed by atoms with van der Waals surface area (Å²) in [4.78, 5) is 14.5. The van der Waals surface area contributed by atoms with Gasteiger partial charge in [-0.1, -0.05) is 79.0 Å². The smallest absolute Gasteiger partial charge is 0.175 e. The number of hydrogen-bond acceptors (Lipinski definition) is 5. The van der Waals surface area contributed by atoms with Gasteiger partial charge in [-0.2, -0.15) is 0 Å². The lowest BCUT2D eigenvalue weighted by molar-refractivity contribution is -0.116. The van der Waals surface area contributed by atoms with Crippen LogP contribution >= 0.6 is 24.4 Å². The summed E-state index contributed by atoms with van der Waals surface area (Å²) in [6.45, 7) is 1.74. The van der Waals surface area contributed by atoms with Crippen LogP contribution < -0.4 is 0 Å². The van der Waals surface area contributed by atoms with Crippen molar-refractivity contribution in [2.45, 2.75) is 12.8 Å². The average Bonchev–Trinajstić information content (AvgIpc) is 2.70. The molecule has 0 spiro atoms. The number of rotatable bonds is 7. The first kappa shape index (κ1) is 22.3. The number of aromatic nitrogens is 1. The van der Waals surface area contributed by atoms with Crippen LogP contribution in [0.15, 0.2) is 60.7 Å². The van der Waals surface area contributed by atoms with Gasteiger partial charge in [-0.25, -0.2) is 8.42 Å². The minimum absolute atomic E-state index is 0.0743. The summed E-state index contributed by atoms with van der Waals surface area (Å²) in [6.07, 6.45) is 0. The number of carbonyl (C=O) groups is 1. The Bertz CT molecular complexity index is 1270. The van der Waals surface area contributed by atoms with Gasteiger partial charge in [-0.3, -0.25) is 4.79 Å². The van der Waals surface area contributed by atoms with Gasteiger partial charge in [0.25, 0.3) is 0 Å². The molecule has 0 aliphatic heterocycles. The van der Waals surface area contributed by atoms with E-state index < -0.39 is 21.4 Å². The molecule has 0 atom stereocenters. The predicted octanol–water partition coefficient (Wildman–Crippen LogP) is 3.93. The molecule has 3 rings (SSSR count). The van der Waals surface area contributed by atoms with E-state index in [1.807, 2.05) is 67.6 Å². The van der Waals surface area contributed by atoms with Gasteiger partial charge in [0, 0.05) is 23.7 Å². The van der Waals surface area contributed by atoms with Gasteiger partial charge in [0.05, 0.1) is 6.54 Å². The highest BCUT2D eigenvalue weighted by Crippen LogP contribution is 2.19. The Labute approximate surface area is 186 Å². The molecule has 0 fully saturated rings. The minimum atomic E-state index is -3.71. The number of thiocarbonyl (C=S) groups is 1. The second kappa shape index (κ2) is 9.16. The Hall–Kier alpha value is -2.42. The fraction of sp³-hybridized carbons (Fsp3) is 0.227. The zero-order valence-corrected chi connectivity index (χ0v) is 19.2. The molecule has 1 heterocycles. The monoisotopic (exact) mass is 458 g/mol. The Kier molecular flexibility index (Phi) is 6.80. The van der Waals surface area contributed by atoms with E-state index in [1.165, 1.54) is 0 Å². The number of carbonyl (C=O) groups excluding carboxylic acids is 1. The van der Waals surface area contributed by atoms with Crippen LogP contribution in [0.3, 0.4) is 0 Å². The molecule has 1 aromatic heterocycles. The third-order valence-electron chi connectivity index (χ3n) is 4.71. The molecule has 0 saturated heterocycles. The number of aryl methyl sites for hydroxylation is 1. The summed E-state index contributed by atoms with van der Waals surface area (Å²) < 4.78 is 27.5. The van der Waals surface area contributed by atoms with Crippen molar-refractivity contribution in [3.8, 4) is 0 Å². The summed E-state index contributed by atoms with van der Waals surface area (Å²) in [7, 11) is -2.02. The molecule has 156 valence electrons. The van der Waals surface area contributed by atoms with E-state index in [9.17, 15) is 13.2 Å². The Morgan fingerprint density at radius 3 is 2.40 bits per heavy atom. The normalized spacial score (nSPS) is 11.4. The molecule has 8 heteroatoms. The zero-order chi connectivity index (χ0) is 21.9. The van der Waals surface area contributed by atoms with Crippen molar-refractivity contribution < 1.29 is 13.2 Å². The summed E-state index contributed by atoms with van der Waals surface area (Å²) in [5.41, 5.74) is 1.54.